The van der Waals surface area contributed by atoms with Crippen LogP contribution in [0, 0.1) is 17.8 Å². The van der Waals surface area contributed by atoms with Crippen molar-refractivity contribution in [2.75, 3.05) is 18.8 Å². The lowest BCUT2D eigenvalue weighted by Gasteiger charge is -2.30. The minimum Gasteiger partial charge on any atom is -0.342 e. The van der Waals surface area contributed by atoms with Crippen LogP contribution in [-0.4, -0.2) is 44.4 Å². The largest absolute Gasteiger partial charge is 0.342 e. The van der Waals surface area contributed by atoms with Gasteiger partial charge in [0.15, 0.2) is 11.0 Å². The highest BCUT2D eigenvalue weighted by atomic mass is 32.2. The van der Waals surface area contributed by atoms with Gasteiger partial charge in [0.1, 0.15) is 0 Å². The SMILES string of the molecule is CC(C1CC2CCC1C2)n1c(SCC(=O)N2CCCCC2)nnc1-c1cccs1. The molecule has 2 bridgehead atoms. The Morgan fingerprint density at radius 3 is 2.79 bits per heavy atom. The zero-order valence-corrected chi connectivity index (χ0v) is 18.8. The number of piperidine rings is 1. The Balaban J connectivity index is 1.37. The van der Waals surface area contributed by atoms with E-state index in [1.165, 1.54) is 37.0 Å². The lowest BCUT2D eigenvalue weighted by atomic mass is 9.84. The molecule has 7 heteroatoms. The van der Waals surface area contributed by atoms with Crippen LogP contribution in [0.5, 0.6) is 0 Å². The summed E-state index contributed by atoms with van der Waals surface area (Å²) < 4.78 is 2.35. The molecule has 5 nitrogen and oxygen atoms in total. The molecule has 0 N–H and O–H groups in total. The van der Waals surface area contributed by atoms with Crippen molar-refractivity contribution in [1.29, 1.82) is 0 Å². The fraction of sp³-hybridized carbons (Fsp3) is 0.682. The van der Waals surface area contributed by atoms with E-state index in [0.717, 1.165) is 48.7 Å². The molecule has 2 aromatic heterocycles. The van der Waals surface area contributed by atoms with Crippen LogP contribution in [0.25, 0.3) is 10.7 Å². The smallest absolute Gasteiger partial charge is 0.233 e. The summed E-state index contributed by atoms with van der Waals surface area (Å²) in [6, 6.07) is 4.59. The second kappa shape index (κ2) is 8.42. The van der Waals surface area contributed by atoms with Gasteiger partial charge in [0.25, 0.3) is 0 Å². The molecule has 3 fully saturated rings. The van der Waals surface area contributed by atoms with Crippen LogP contribution in [0.15, 0.2) is 22.7 Å². The van der Waals surface area contributed by atoms with Crippen molar-refractivity contribution in [3.05, 3.63) is 17.5 Å². The van der Waals surface area contributed by atoms with E-state index in [-0.39, 0.29) is 5.91 Å². The standard InChI is InChI=1S/C22H30N4OS2/c1-15(18-13-16-7-8-17(18)12-16)26-21(19-6-5-11-28-19)23-24-22(26)29-14-20(27)25-9-3-2-4-10-25/h5-6,11,15-18H,2-4,7-10,12-14H2,1H3. The first kappa shape index (κ1) is 19.6. The molecule has 29 heavy (non-hydrogen) atoms. The zero-order chi connectivity index (χ0) is 19.8. The van der Waals surface area contributed by atoms with E-state index in [4.69, 9.17) is 0 Å². The number of hydrogen-bond donors (Lipinski definition) is 0. The van der Waals surface area contributed by atoms with Crippen molar-refractivity contribution in [2.24, 2.45) is 17.8 Å². The number of carbonyl (C=O) groups excluding carboxylic acids is 1. The average molecular weight is 431 g/mol. The van der Waals surface area contributed by atoms with E-state index in [0.29, 0.717) is 17.7 Å². The first-order valence-electron chi connectivity index (χ1n) is 11.1. The molecule has 2 aliphatic carbocycles. The molecule has 3 heterocycles. The number of hydrogen-bond acceptors (Lipinski definition) is 5. The molecule has 1 amide bonds. The number of thioether (sulfide) groups is 1. The summed E-state index contributed by atoms with van der Waals surface area (Å²) in [4.78, 5) is 15.9. The van der Waals surface area contributed by atoms with Gasteiger partial charge in [-0.1, -0.05) is 24.2 Å². The molecule has 2 aromatic rings. The normalized spacial score (nSPS) is 27.5. The molecule has 0 radical (unpaired) electrons. The summed E-state index contributed by atoms with van der Waals surface area (Å²) in [6.07, 6.45) is 9.06. The number of fused-ring (bicyclic) bond motifs is 2. The van der Waals surface area contributed by atoms with E-state index in [9.17, 15) is 4.79 Å². The van der Waals surface area contributed by atoms with Gasteiger partial charge in [-0.2, -0.15) is 0 Å². The quantitative estimate of drug-likeness (QED) is 0.598. The number of thiophene rings is 1. The number of likely N-dealkylation sites (tertiary alicyclic amines) is 1. The molecular formula is C22H30N4OS2. The van der Waals surface area contributed by atoms with E-state index >= 15 is 0 Å². The molecule has 2 saturated carbocycles. The summed E-state index contributed by atoms with van der Waals surface area (Å²) in [7, 11) is 0. The van der Waals surface area contributed by atoms with E-state index in [1.54, 1.807) is 23.1 Å². The van der Waals surface area contributed by atoms with Crippen LogP contribution < -0.4 is 0 Å². The van der Waals surface area contributed by atoms with Crippen LogP contribution in [0.4, 0.5) is 0 Å². The Morgan fingerprint density at radius 2 is 2.10 bits per heavy atom. The minimum atomic E-state index is 0.245. The number of carbonyl (C=O) groups is 1. The van der Waals surface area contributed by atoms with Gasteiger partial charge < -0.3 is 4.90 Å². The van der Waals surface area contributed by atoms with E-state index in [2.05, 4.69) is 39.2 Å². The molecule has 3 aliphatic rings. The molecule has 0 spiro atoms. The third kappa shape index (κ3) is 3.88. The highest BCUT2D eigenvalue weighted by Gasteiger charge is 2.43. The number of rotatable bonds is 6. The predicted octanol–water partition coefficient (Wildman–Crippen LogP) is 5.11. The molecule has 1 aliphatic heterocycles. The molecular weight excluding hydrogens is 400 g/mol. The second-order valence-corrected chi connectivity index (χ2v) is 10.9. The van der Waals surface area contributed by atoms with Crippen LogP contribution in [0.1, 0.15) is 57.9 Å². The Morgan fingerprint density at radius 1 is 1.24 bits per heavy atom. The molecule has 5 rings (SSSR count). The van der Waals surface area contributed by atoms with Gasteiger partial charge in [0, 0.05) is 19.1 Å². The Labute approximate surface area is 181 Å². The summed E-state index contributed by atoms with van der Waals surface area (Å²) in [5.74, 6) is 4.16. The summed E-state index contributed by atoms with van der Waals surface area (Å²) in [6.45, 7) is 4.17. The maximum absolute atomic E-state index is 12.7. The fourth-order valence-corrected chi connectivity index (χ4v) is 7.38. The van der Waals surface area contributed by atoms with Crippen LogP contribution in [-0.2, 0) is 4.79 Å². The monoisotopic (exact) mass is 430 g/mol. The fourth-order valence-electron chi connectivity index (χ4n) is 5.75. The molecule has 156 valence electrons. The third-order valence-electron chi connectivity index (χ3n) is 7.26. The van der Waals surface area contributed by atoms with Gasteiger partial charge in [-0.15, -0.1) is 21.5 Å². The maximum atomic E-state index is 12.7. The lowest BCUT2D eigenvalue weighted by Crippen LogP contribution is -2.36. The van der Waals surface area contributed by atoms with E-state index < -0.39 is 0 Å². The third-order valence-corrected chi connectivity index (χ3v) is 9.05. The van der Waals surface area contributed by atoms with Gasteiger partial charge >= 0.3 is 0 Å². The average Bonchev–Trinajstić information content (AvgIpc) is 3.55. The number of nitrogens with zero attached hydrogens (tertiary/aromatic N) is 4. The van der Waals surface area contributed by atoms with Crippen LogP contribution in [0.2, 0.25) is 0 Å². The van der Waals surface area contributed by atoms with Gasteiger partial charge in [-0.25, -0.2) is 0 Å². The van der Waals surface area contributed by atoms with Crippen molar-refractivity contribution in [3.8, 4) is 10.7 Å². The van der Waals surface area contributed by atoms with E-state index in [1.807, 2.05) is 4.90 Å². The van der Waals surface area contributed by atoms with Crippen molar-refractivity contribution in [1.82, 2.24) is 19.7 Å². The van der Waals surface area contributed by atoms with Crippen LogP contribution >= 0.6 is 23.1 Å². The van der Waals surface area contributed by atoms with Gasteiger partial charge in [0.05, 0.1) is 10.6 Å². The highest BCUT2D eigenvalue weighted by molar-refractivity contribution is 7.99. The number of aromatic nitrogens is 3. The van der Waals surface area contributed by atoms with Crippen molar-refractivity contribution >= 4 is 29.0 Å². The Hall–Kier alpha value is -1.34. The zero-order valence-electron chi connectivity index (χ0n) is 17.1. The number of amides is 1. The summed E-state index contributed by atoms with van der Waals surface area (Å²) in [5, 5.41) is 12.1. The van der Waals surface area contributed by atoms with Crippen LogP contribution in [0.3, 0.4) is 0 Å². The second-order valence-electron chi connectivity index (χ2n) is 8.96. The molecule has 4 atom stereocenters. The summed E-state index contributed by atoms with van der Waals surface area (Å²) >= 11 is 3.29. The van der Waals surface area contributed by atoms with Crippen molar-refractivity contribution in [2.45, 2.75) is 63.1 Å². The molecule has 1 saturated heterocycles. The summed E-state index contributed by atoms with van der Waals surface area (Å²) in [5.41, 5.74) is 0. The predicted molar refractivity (Wildman–Crippen MR) is 118 cm³/mol. The van der Waals surface area contributed by atoms with Gasteiger partial charge in [-0.05, 0) is 74.6 Å². The topological polar surface area (TPSA) is 51.0 Å². The Bertz CT molecular complexity index is 843. The first-order valence-corrected chi connectivity index (χ1v) is 13.0. The van der Waals surface area contributed by atoms with Crippen molar-refractivity contribution in [3.63, 3.8) is 0 Å². The van der Waals surface area contributed by atoms with Gasteiger partial charge in [-0.3, -0.25) is 9.36 Å². The highest BCUT2D eigenvalue weighted by Crippen LogP contribution is 2.53. The minimum absolute atomic E-state index is 0.245. The Kier molecular flexibility index (Phi) is 5.69. The lowest BCUT2D eigenvalue weighted by molar-refractivity contribution is -0.129. The first-order chi connectivity index (χ1) is 14.2. The van der Waals surface area contributed by atoms with Gasteiger partial charge in [0.2, 0.25) is 5.91 Å². The molecule has 0 aromatic carbocycles. The molecule has 4 unspecified atom stereocenters. The van der Waals surface area contributed by atoms with Crippen molar-refractivity contribution < 1.29 is 4.79 Å². The maximum Gasteiger partial charge on any atom is 0.233 e.